The van der Waals surface area contributed by atoms with Crippen molar-refractivity contribution in [3.8, 4) is 5.69 Å². The molecule has 2 aromatic carbocycles. The Morgan fingerprint density at radius 2 is 1.92 bits per heavy atom. The molecule has 4 heteroatoms. The first-order valence-corrected chi connectivity index (χ1v) is 8.49. The number of carbonyl (C=O) groups excluding carboxylic acids is 1. The topological polar surface area (TPSA) is 46.9 Å². The molecule has 0 aliphatic rings. The number of nitrogens with zero attached hydrogens (tertiary/aromatic N) is 2. The zero-order valence-electron chi connectivity index (χ0n) is 14.9. The molecule has 1 heterocycles. The summed E-state index contributed by atoms with van der Waals surface area (Å²) in [5.41, 5.74) is 5.22. The van der Waals surface area contributed by atoms with Gasteiger partial charge in [-0.05, 0) is 44.5 Å². The molecule has 1 atom stereocenters. The number of carbonyl (C=O) groups is 1. The molecule has 4 nitrogen and oxygen atoms in total. The van der Waals surface area contributed by atoms with E-state index in [1.165, 1.54) is 5.56 Å². The summed E-state index contributed by atoms with van der Waals surface area (Å²) in [5.74, 6) is 0.0925. The molecule has 0 spiro atoms. The first kappa shape index (κ1) is 17.1. The molecule has 1 N–H and O–H groups in total. The first-order valence-electron chi connectivity index (χ1n) is 8.49. The molecule has 25 heavy (non-hydrogen) atoms. The normalized spacial score (nSPS) is 12.1. The van der Waals surface area contributed by atoms with Crippen molar-refractivity contribution >= 4 is 5.78 Å². The molecule has 0 bridgehead atoms. The zero-order valence-corrected chi connectivity index (χ0v) is 14.9. The summed E-state index contributed by atoms with van der Waals surface area (Å²) in [4.78, 5) is 11.5. The van der Waals surface area contributed by atoms with Gasteiger partial charge < -0.3 is 5.32 Å². The van der Waals surface area contributed by atoms with Crippen LogP contribution in [-0.4, -0.2) is 15.6 Å². The lowest BCUT2D eigenvalue weighted by Crippen LogP contribution is -2.19. The van der Waals surface area contributed by atoms with Crippen LogP contribution in [0.3, 0.4) is 0 Å². The molecule has 3 rings (SSSR count). The highest BCUT2D eigenvalue weighted by Crippen LogP contribution is 2.20. The molecule has 128 valence electrons. The molecule has 1 aromatic heterocycles. The van der Waals surface area contributed by atoms with Gasteiger partial charge in [-0.2, -0.15) is 5.10 Å². The molecule has 0 amide bonds. The van der Waals surface area contributed by atoms with Gasteiger partial charge in [0.05, 0.1) is 11.9 Å². The number of hydrogen-bond donors (Lipinski definition) is 1. The monoisotopic (exact) mass is 333 g/mol. The Morgan fingerprint density at radius 3 is 2.64 bits per heavy atom. The van der Waals surface area contributed by atoms with Crippen molar-refractivity contribution in [2.24, 2.45) is 0 Å². The van der Waals surface area contributed by atoms with Crippen molar-refractivity contribution in [2.75, 3.05) is 0 Å². The minimum atomic E-state index is 0.0925. The van der Waals surface area contributed by atoms with E-state index in [-0.39, 0.29) is 11.8 Å². The molecule has 0 unspecified atom stereocenters. The lowest BCUT2D eigenvalue weighted by Gasteiger charge is -2.14. The van der Waals surface area contributed by atoms with Gasteiger partial charge in [-0.1, -0.05) is 36.4 Å². The second-order valence-corrected chi connectivity index (χ2v) is 6.29. The van der Waals surface area contributed by atoms with Crippen molar-refractivity contribution in [1.82, 2.24) is 15.1 Å². The standard InChI is InChI=1S/C21H23N3O/c1-15(22-13-18-8-7-9-19(12-18)17(3)25)21-14-23-24(16(21)2)20-10-5-4-6-11-20/h4-12,14-15,22H,13H2,1-3H3/t15-/m0/s1. The SMILES string of the molecule is CC(=O)c1cccc(CN[C@@H](C)c2cnn(-c3ccccc3)c2C)c1. The molecule has 0 saturated carbocycles. The molecule has 0 saturated heterocycles. The van der Waals surface area contributed by atoms with Crippen molar-refractivity contribution < 1.29 is 4.79 Å². The Bertz CT molecular complexity index is 868. The number of nitrogens with one attached hydrogen (secondary N) is 1. The fraction of sp³-hybridized carbons (Fsp3) is 0.238. The zero-order chi connectivity index (χ0) is 17.8. The molecular formula is C21H23N3O. The average Bonchev–Trinajstić information content (AvgIpc) is 3.02. The lowest BCUT2D eigenvalue weighted by atomic mass is 10.1. The van der Waals surface area contributed by atoms with Gasteiger partial charge in [-0.3, -0.25) is 4.79 Å². The van der Waals surface area contributed by atoms with E-state index in [1.807, 2.05) is 53.3 Å². The molecule has 3 aromatic rings. The van der Waals surface area contributed by atoms with Gasteiger partial charge in [0, 0.05) is 29.4 Å². The summed E-state index contributed by atoms with van der Waals surface area (Å²) in [6.45, 7) is 6.52. The van der Waals surface area contributed by atoms with Crippen LogP contribution < -0.4 is 5.32 Å². The van der Waals surface area contributed by atoms with Crippen molar-refractivity contribution in [1.29, 1.82) is 0 Å². The lowest BCUT2D eigenvalue weighted by molar-refractivity contribution is 0.101. The number of benzene rings is 2. The average molecular weight is 333 g/mol. The number of aromatic nitrogens is 2. The number of rotatable bonds is 6. The van der Waals surface area contributed by atoms with E-state index in [2.05, 4.69) is 36.4 Å². The van der Waals surface area contributed by atoms with Gasteiger partial charge in [0.2, 0.25) is 0 Å². The predicted octanol–water partition coefficient (Wildman–Crippen LogP) is 4.23. The minimum absolute atomic E-state index is 0.0925. The molecule has 0 fully saturated rings. The molecule has 0 aliphatic carbocycles. The summed E-state index contributed by atoms with van der Waals surface area (Å²) in [6.07, 6.45) is 1.92. The van der Waals surface area contributed by atoms with Crippen molar-refractivity contribution in [3.05, 3.63) is 83.2 Å². The summed E-state index contributed by atoms with van der Waals surface area (Å²) in [5, 5.41) is 8.05. The molecule has 0 aliphatic heterocycles. The summed E-state index contributed by atoms with van der Waals surface area (Å²) >= 11 is 0. The van der Waals surface area contributed by atoms with Gasteiger partial charge in [-0.15, -0.1) is 0 Å². The quantitative estimate of drug-likeness (QED) is 0.687. The van der Waals surface area contributed by atoms with Crippen LogP contribution in [0.1, 0.15) is 47.1 Å². The second kappa shape index (κ2) is 7.45. The van der Waals surface area contributed by atoms with Gasteiger partial charge in [-0.25, -0.2) is 4.68 Å². The maximum atomic E-state index is 11.5. The highest BCUT2D eigenvalue weighted by atomic mass is 16.1. The first-order chi connectivity index (χ1) is 12.1. The fourth-order valence-corrected chi connectivity index (χ4v) is 2.96. The Labute approximate surface area is 148 Å². The van der Waals surface area contributed by atoms with E-state index in [0.29, 0.717) is 6.54 Å². The van der Waals surface area contributed by atoms with Crippen LogP contribution in [0.2, 0.25) is 0 Å². The van der Waals surface area contributed by atoms with E-state index >= 15 is 0 Å². The smallest absolute Gasteiger partial charge is 0.159 e. The molecule has 0 radical (unpaired) electrons. The third-order valence-corrected chi connectivity index (χ3v) is 4.46. The van der Waals surface area contributed by atoms with Crippen LogP contribution >= 0.6 is 0 Å². The van der Waals surface area contributed by atoms with E-state index in [4.69, 9.17) is 0 Å². The van der Waals surface area contributed by atoms with Gasteiger partial charge in [0.15, 0.2) is 5.78 Å². The second-order valence-electron chi connectivity index (χ2n) is 6.29. The number of para-hydroxylation sites is 1. The van der Waals surface area contributed by atoms with Gasteiger partial charge >= 0.3 is 0 Å². The maximum Gasteiger partial charge on any atom is 0.159 e. The number of ketones is 1. The van der Waals surface area contributed by atoms with E-state index < -0.39 is 0 Å². The van der Waals surface area contributed by atoms with Crippen LogP contribution in [-0.2, 0) is 6.54 Å². The van der Waals surface area contributed by atoms with Gasteiger partial charge in [0.1, 0.15) is 0 Å². The summed E-state index contributed by atoms with van der Waals surface area (Å²) < 4.78 is 1.96. The summed E-state index contributed by atoms with van der Waals surface area (Å²) in [7, 11) is 0. The van der Waals surface area contributed by atoms with E-state index in [0.717, 1.165) is 22.5 Å². The van der Waals surface area contributed by atoms with Crippen LogP contribution in [0.5, 0.6) is 0 Å². The summed E-state index contributed by atoms with van der Waals surface area (Å²) in [6, 6.07) is 18.1. The number of Topliss-reactive ketones (excluding diaryl/α,β-unsaturated/α-hetero) is 1. The third kappa shape index (κ3) is 3.86. The Hall–Kier alpha value is -2.72. The minimum Gasteiger partial charge on any atom is -0.306 e. The van der Waals surface area contributed by atoms with Crippen LogP contribution in [0.25, 0.3) is 5.69 Å². The van der Waals surface area contributed by atoms with Crippen LogP contribution in [0, 0.1) is 6.92 Å². The number of hydrogen-bond acceptors (Lipinski definition) is 3. The van der Waals surface area contributed by atoms with E-state index in [9.17, 15) is 4.79 Å². The Kier molecular flexibility index (Phi) is 5.10. The predicted molar refractivity (Wildman–Crippen MR) is 100 cm³/mol. The van der Waals surface area contributed by atoms with Crippen molar-refractivity contribution in [3.63, 3.8) is 0 Å². The van der Waals surface area contributed by atoms with E-state index in [1.54, 1.807) is 6.92 Å². The largest absolute Gasteiger partial charge is 0.306 e. The Morgan fingerprint density at radius 1 is 1.16 bits per heavy atom. The van der Waals surface area contributed by atoms with Crippen molar-refractivity contribution in [2.45, 2.75) is 33.4 Å². The highest BCUT2D eigenvalue weighted by Gasteiger charge is 2.14. The Balaban J connectivity index is 1.72. The van der Waals surface area contributed by atoms with Gasteiger partial charge in [0.25, 0.3) is 0 Å². The highest BCUT2D eigenvalue weighted by molar-refractivity contribution is 5.94. The fourth-order valence-electron chi connectivity index (χ4n) is 2.96. The maximum absolute atomic E-state index is 11.5. The van der Waals surface area contributed by atoms with Crippen LogP contribution in [0.15, 0.2) is 60.8 Å². The van der Waals surface area contributed by atoms with Crippen LogP contribution in [0.4, 0.5) is 0 Å². The molecular weight excluding hydrogens is 310 g/mol. The third-order valence-electron chi connectivity index (χ3n) is 4.46.